The lowest BCUT2D eigenvalue weighted by Gasteiger charge is -2.14. The minimum absolute atomic E-state index is 0.295. The molecule has 0 amide bonds. The lowest BCUT2D eigenvalue weighted by atomic mass is 10.1. The molecule has 0 saturated carbocycles. The summed E-state index contributed by atoms with van der Waals surface area (Å²) in [5.41, 5.74) is 5.28. The second kappa shape index (κ2) is 4.63. The third-order valence-electron chi connectivity index (χ3n) is 1.79. The average molecular weight is 266 g/mol. The predicted molar refractivity (Wildman–Crippen MR) is 50.1 cm³/mol. The number of aliphatic hydroxyl groups excluding tert-OH is 2. The Hall–Kier alpha value is 0.610. The van der Waals surface area contributed by atoms with Crippen LogP contribution in [0.4, 0.5) is 0 Å². The Morgan fingerprint density at radius 1 is 1.43 bits per heavy atom. The second-order valence-electron chi connectivity index (χ2n) is 2.83. The molecule has 1 aliphatic heterocycles. The lowest BCUT2D eigenvalue weighted by Crippen LogP contribution is -2.37. The van der Waals surface area contributed by atoms with Crippen molar-refractivity contribution in [3.05, 3.63) is 0 Å². The number of rotatable bonds is 3. The third-order valence-corrected chi connectivity index (χ3v) is 2.82. The van der Waals surface area contributed by atoms with Crippen molar-refractivity contribution in [2.24, 2.45) is 5.73 Å². The summed E-state index contributed by atoms with van der Waals surface area (Å²) in [7, 11) is 0. The van der Waals surface area contributed by atoms with Crippen LogP contribution >= 0.6 is 28.6 Å². The first-order valence-electron chi connectivity index (χ1n) is 3.72. The number of nitrogens with two attached hydrogens (primary N) is 1. The Kier molecular flexibility index (Phi) is 4.20. The van der Waals surface area contributed by atoms with Gasteiger partial charge in [0.1, 0.15) is 24.5 Å². The summed E-state index contributed by atoms with van der Waals surface area (Å²) < 4.78 is 20.1. The van der Waals surface area contributed by atoms with Gasteiger partial charge in [0.05, 0.1) is 6.61 Å². The molecule has 1 heterocycles. The molecular formula is C5H10Cl2NO5P. The molecule has 1 rings (SSSR count). The van der Waals surface area contributed by atoms with E-state index in [9.17, 15) is 14.8 Å². The molecule has 0 aromatic heterocycles. The van der Waals surface area contributed by atoms with E-state index in [1.54, 1.807) is 0 Å². The van der Waals surface area contributed by atoms with Crippen LogP contribution in [-0.2, 0) is 13.8 Å². The minimum Gasteiger partial charge on any atom is -0.387 e. The van der Waals surface area contributed by atoms with Crippen molar-refractivity contribution in [2.45, 2.75) is 24.5 Å². The zero-order valence-electron chi connectivity index (χ0n) is 6.92. The molecule has 6 nitrogen and oxygen atoms in total. The van der Waals surface area contributed by atoms with E-state index in [0.29, 0.717) is 0 Å². The van der Waals surface area contributed by atoms with Crippen molar-refractivity contribution < 1.29 is 24.0 Å². The monoisotopic (exact) mass is 265 g/mol. The van der Waals surface area contributed by atoms with E-state index in [1.807, 2.05) is 0 Å². The van der Waals surface area contributed by atoms with Gasteiger partial charge in [-0.25, -0.2) is 0 Å². The Bertz CT molecular complexity index is 248. The van der Waals surface area contributed by atoms with E-state index >= 15 is 0 Å². The van der Waals surface area contributed by atoms with Crippen LogP contribution in [0.5, 0.6) is 0 Å². The largest absolute Gasteiger partial charge is 0.387 e. The molecular weight excluding hydrogens is 256 g/mol. The van der Waals surface area contributed by atoms with Crippen LogP contribution in [0.25, 0.3) is 0 Å². The van der Waals surface area contributed by atoms with Crippen LogP contribution < -0.4 is 5.73 Å². The van der Waals surface area contributed by atoms with E-state index in [-0.39, 0.29) is 6.61 Å². The summed E-state index contributed by atoms with van der Waals surface area (Å²) in [6.07, 6.45) is -7.94. The molecule has 1 saturated heterocycles. The molecule has 0 aliphatic carbocycles. The highest BCUT2D eigenvalue weighted by Crippen LogP contribution is 2.57. The fraction of sp³-hybridized carbons (Fsp3) is 1.00. The Labute approximate surface area is 89.9 Å². The van der Waals surface area contributed by atoms with Crippen molar-refractivity contribution in [1.29, 1.82) is 0 Å². The van der Waals surface area contributed by atoms with Gasteiger partial charge in [0.2, 0.25) is 0 Å². The molecule has 4 N–H and O–H groups in total. The van der Waals surface area contributed by atoms with Crippen molar-refractivity contribution in [3.8, 4) is 0 Å². The van der Waals surface area contributed by atoms with Crippen LogP contribution in [0, 0.1) is 0 Å². The zero-order valence-corrected chi connectivity index (χ0v) is 9.32. The maximum Gasteiger partial charge on any atom is 0.380 e. The van der Waals surface area contributed by atoms with Crippen LogP contribution in [-0.4, -0.2) is 41.4 Å². The van der Waals surface area contributed by atoms with Gasteiger partial charge in [0.25, 0.3) is 0 Å². The highest BCUT2D eigenvalue weighted by Gasteiger charge is 2.41. The molecule has 14 heavy (non-hydrogen) atoms. The standard InChI is InChI=1S/C5H10Cl2NO5P/c6-14(7,11)12-1-2-3(9)4(10)5(8)13-2/h2-5,9-10H,1,8H2/t2-,3?,4+,5-/m1/s1. The maximum atomic E-state index is 10.7. The first kappa shape index (κ1) is 12.7. The van der Waals surface area contributed by atoms with Crippen LogP contribution in [0.15, 0.2) is 0 Å². The molecule has 0 radical (unpaired) electrons. The average Bonchev–Trinajstić information content (AvgIpc) is 2.28. The van der Waals surface area contributed by atoms with E-state index in [2.05, 4.69) is 4.52 Å². The number of halogens is 2. The fourth-order valence-corrected chi connectivity index (χ4v) is 1.73. The molecule has 0 bridgehead atoms. The summed E-state index contributed by atoms with van der Waals surface area (Å²) in [5, 5.41) is 18.5. The normalized spacial score (nSPS) is 38.9. The molecule has 84 valence electrons. The van der Waals surface area contributed by atoms with E-state index in [0.717, 1.165) is 0 Å². The van der Waals surface area contributed by atoms with E-state index in [4.69, 9.17) is 33.0 Å². The molecule has 0 aromatic carbocycles. The minimum atomic E-state index is -3.65. The predicted octanol–water partition coefficient (Wildman–Crippen LogP) is -0.00590. The smallest absolute Gasteiger partial charge is 0.380 e. The number of hydrogen-bond acceptors (Lipinski definition) is 6. The maximum absolute atomic E-state index is 10.7. The highest BCUT2D eigenvalue weighted by atomic mass is 35.9. The van der Waals surface area contributed by atoms with Crippen LogP contribution in [0.1, 0.15) is 0 Å². The molecule has 1 unspecified atom stereocenters. The summed E-state index contributed by atoms with van der Waals surface area (Å²) in [5.74, 6) is 0. The number of aliphatic hydroxyl groups is 2. The Morgan fingerprint density at radius 3 is 2.36 bits per heavy atom. The van der Waals surface area contributed by atoms with Gasteiger partial charge in [-0.3, -0.25) is 4.57 Å². The quantitative estimate of drug-likeness (QED) is 0.621. The SMILES string of the molecule is N[C@@H]1O[C@H](COP(=O)(Cl)Cl)C(O)[C@@H]1O. The van der Waals surface area contributed by atoms with Crippen LogP contribution in [0.2, 0.25) is 0 Å². The van der Waals surface area contributed by atoms with Crippen molar-refractivity contribution in [2.75, 3.05) is 6.61 Å². The van der Waals surface area contributed by atoms with Gasteiger partial charge in [-0.15, -0.1) is 0 Å². The van der Waals surface area contributed by atoms with E-state index in [1.165, 1.54) is 0 Å². The van der Waals surface area contributed by atoms with Crippen molar-refractivity contribution >= 4 is 28.6 Å². The second-order valence-corrected chi connectivity index (χ2v) is 7.11. The fourth-order valence-electron chi connectivity index (χ4n) is 1.08. The summed E-state index contributed by atoms with van der Waals surface area (Å²) in [4.78, 5) is 0. The molecule has 1 fully saturated rings. The van der Waals surface area contributed by atoms with Crippen molar-refractivity contribution in [3.63, 3.8) is 0 Å². The van der Waals surface area contributed by atoms with E-state index < -0.39 is 30.6 Å². The molecule has 4 atom stereocenters. The third kappa shape index (κ3) is 3.32. The van der Waals surface area contributed by atoms with Gasteiger partial charge < -0.3 is 25.2 Å². The summed E-state index contributed by atoms with van der Waals surface area (Å²) in [6, 6.07) is 0. The molecule has 0 aromatic rings. The molecule has 1 aliphatic rings. The van der Waals surface area contributed by atoms with Gasteiger partial charge in [-0.05, 0) is 22.5 Å². The van der Waals surface area contributed by atoms with Gasteiger partial charge in [0, 0.05) is 0 Å². The van der Waals surface area contributed by atoms with Gasteiger partial charge in [-0.1, -0.05) is 0 Å². The van der Waals surface area contributed by atoms with Gasteiger partial charge in [-0.2, -0.15) is 0 Å². The van der Waals surface area contributed by atoms with Crippen molar-refractivity contribution in [1.82, 2.24) is 0 Å². The highest BCUT2D eigenvalue weighted by molar-refractivity contribution is 8.05. The van der Waals surface area contributed by atoms with Gasteiger partial charge >= 0.3 is 6.07 Å². The summed E-state index contributed by atoms with van der Waals surface area (Å²) in [6.45, 7) is -0.295. The lowest BCUT2D eigenvalue weighted by molar-refractivity contribution is -0.0123. The number of hydrogen-bond donors (Lipinski definition) is 3. The van der Waals surface area contributed by atoms with Gasteiger partial charge in [0.15, 0.2) is 0 Å². The first-order chi connectivity index (χ1) is 6.31. The summed E-state index contributed by atoms with van der Waals surface area (Å²) >= 11 is 10.2. The topological polar surface area (TPSA) is 102 Å². The first-order valence-corrected chi connectivity index (χ1v) is 7.16. The molecule has 9 heteroatoms. The van der Waals surface area contributed by atoms with Crippen LogP contribution in [0.3, 0.4) is 0 Å². The Morgan fingerprint density at radius 2 is 2.00 bits per heavy atom. The Balaban J connectivity index is 2.44. The zero-order chi connectivity index (χ0) is 10.9. The molecule has 0 spiro atoms. The number of ether oxygens (including phenoxy) is 1.